The van der Waals surface area contributed by atoms with Crippen molar-refractivity contribution in [2.75, 3.05) is 20.1 Å². The highest BCUT2D eigenvalue weighted by molar-refractivity contribution is 7.89. The zero-order valence-electron chi connectivity index (χ0n) is 15.4. The predicted octanol–water partition coefficient (Wildman–Crippen LogP) is 2.90. The molecule has 1 saturated carbocycles. The zero-order chi connectivity index (χ0) is 18.0. The van der Waals surface area contributed by atoms with Crippen molar-refractivity contribution in [3.8, 4) is 0 Å². The van der Waals surface area contributed by atoms with Gasteiger partial charge in [-0.2, -0.15) is 4.31 Å². The first kappa shape index (κ1) is 17.3. The van der Waals surface area contributed by atoms with E-state index >= 15 is 0 Å². The zero-order valence-corrected chi connectivity index (χ0v) is 16.2. The summed E-state index contributed by atoms with van der Waals surface area (Å²) < 4.78 is 28.7. The Hall–Kier alpha value is -1.17. The van der Waals surface area contributed by atoms with Gasteiger partial charge in [-0.1, -0.05) is 23.8 Å². The molecule has 0 amide bonds. The molecule has 0 unspecified atom stereocenters. The molecule has 0 aromatic heterocycles. The molecule has 3 aliphatic rings. The fraction of sp³-hybridized carbons (Fsp3) is 0.600. The van der Waals surface area contributed by atoms with Crippen LogP contribution >= 0.6 is 0 Å². The van der Waals surface area contributed by atoms with Crippen LogP contribution in [0.4, 0.5) is 0 Å². The maximum absolute atomic E-state index is 13.5. The van der Waals surface area contributed by atoms with Gasteiger partial charge < -0.3 is 0 Å². The summed E-state index contributed by atoms with van der Waals surface area (Å²) in [5.74, 6) is 1.47. The Morgan fingerprint density at radius 2 is 1.96 bits per heavy atom. The van der Waals surface area contributed by atoms with Crippen molar-refractivity contribution in [3.05, 3.63) is 42.5 Å². The summed E-state index contributed by atoms with van der Waals surface area (Å²) in [7, 11) is -1.34. The maximum Gasteiger partial charge on any atom is 0.243 e. The van der Waals surface area contributed by atoms with Crippen LogP contribution in [0.1, 0.15) is 25.3 Å². The summed E-state index contributed by atoms with van der Waals surface area (Å²) in [6.45, 7) is 9.99. The van der Waals surface area contributed by atoms with Crippen LogP contribution in [0, 0.1) is 24.7 Å². The largest absolute Gasteiger partial charge is 0.299 e. The molecular weight excluding hydrogens is 332 g/mol. The minimum absolute atomic E-state index is 0.0289. The van der Waals surface area contributed by atoms with Gasteiger partial charge in [0.25, 0.3) is 0 Å². The van der Waals surface area contributed by atoms with Gasteiger partial charge in [0.2, 0.25) is 10.0 Å². The van der Waals surface area contributed by atoms with Gasteiger partial charge in [0, 0.05) is 24.7 Å². The van der Waals surface area contributed by atoms with Crippen molar-refractivity contribution < 1.29 is 8.42 Å². The molecule has 4 rings (SSSR count). The summed E-state index contributed by atoms with van der Waals surface area (Å²) in [5, 5.41) is 0. The van der Waals surface area contributed by atoms with Crippen molar-refractivity contribution in [3.63, 3.8) is 0 Å². The number of piperidine rings is 1. The van der Waals surface area contributed by atoms with E-state index in [-0.39, 0.29) is 17.5 Å². The smallest absolute Gasteiger partial charge is 0.243 e. The van der Waals surface area contributed by atoms with Crippen LogP contribution in [0.2, 0.25) is 0 Å². The van der Waals surface area contributed by atoms with Gasteiger partial charge >= 0.3 is 0 Å². The summed E-state index contributed by atoms with van der Waals surface area (Å²) in [4.78, 5) is 2.82. The molecule has 0 N–H and O–H groups in total. The summed E-state index contributed by atoms with van der Waals surface area (Å²) in [5.41, 5.74) is 0.974. The van der Waals surface area contributed by atoms with Gasteiger partial charge in [-0.15, -0.1) is 6.58 Å². The Bertz CT molecular complexity index is 788. The Morgan fingerprint density at radius 1 is 1.28 bits per heavy atom. The van der Waals surface area contributed by atoms with E-state index in [0.29, 0.717) is 23.3 Å². The number of likely N-dealkylation sites (N-methyl/N-ethyl adjacent to an activating group) is 1. The van der Waals surface area contributed by atoms with Gasteiger partial charge in [0.1, 0.15) is 0 Å². The third-order valence-corrected chi connectivity index (χ3v) is 9.03. The Labute approximate surface area is 151 Å². The normalized spacial score (nSPS) is 38.7. The van der Waals surface area contributed by atoms with Crippen molar-refractivity contribution in [1.29, 1.82) is 0 Å². The predicted molar refractivity (Wildman–Crippen MR) is 99.8 cm³/mol. The number of aryl methyl sites for hydroxylation is 1. The Balaban J connectivity index is 1.80. The molecule has 4 nitrogen and oxygen atoms in total. The molecule has 136 valence electrons. The second-order valence-electron chi connectivity index (χ2n) is 8.27. The van der Waals surface area contributed by atoms with Crippen LogP contribution in [0.5, 0.6) is 0 Å². The number of nitrogens with zero attached hydrogens (tertiary/aromatic N) is 2. The Morgan fingerprint density at radius 3 is 2.60 bits per heavy atom. The van der Waals surface area contributed by atoms with E-state index in [1.807, 2.05) is 25.1 Å². The third kappa shape index (κ3) is 2.29. The lowest BCUT2D eigenvalue weighted by Crippen LogP contribution is -2.68. The quantitative estimate of drug-likeness (QED) is 0.778. The number of likely N-dealkylation sites (tertiary alicyclic amines) is 1. The van der Waals surface area contributed by atoms with Crippen LogP contribution in [0.15, 0.2) is 41.8 Å². The van der Waals surface area contributed by atoms with E-state index in [0.717, 1.165) is 24.9 Å². The molecule has 2 heterocycles. The molecule has 2 aliphatic heterocycles. The number of sulfonamides is 1. The molecule has 0 spiro atoms. The van der Waals surface area contributed by atoms with E-state index in [4.69, 9.17) is 0 Å². The van der Waals surface area contributed by atoms with E-state index < -0.39 is 10.0 Å². The van der Waals surface area contributed by atoms with E-state index in [9.17, 15) is 8.42 Å². The molecule has 5 heteroatoms. The van der Waals surface area contributed by atoms with Crippen LogP contribution in [0.25, 0.3) is 0 Å². The SMILES string of the molecule is C=C[C@H]1C[C@H]2CN(C)[C@]3(C)[C@H]1N(S(=O)(=O)c1ccc(C)cc1)CC[C@@H]23. The lowest BCUT2D eigenvalue weighted by Gasteiger charge is -2.57. The minimum Gasteiger partial charge on any atom is -0.299 e. The van der Waals surface area contributed by atoms with E-state index in [1.54, 1.807) is 16.4 Å². The molecular formula is C20H28N2O2S. The highest BCUT2D eigenvalue weighted by Gasteiger charge is 2.63. The lowest BCUT2D eigenvalue weighted by molar-refractivity contribution is -0.0273. The average Bonchev–Trinajstić information content (AvgIpc) is 2.74. The number of rotatable bonds is 3. The molecule has 25 heavy (non-hydrogen) atoms. The van der Waals surface area contributed by atoms with Gasteiger partial charge in [-0.25, -0.2) is 8.42 Å². The van der Waals surface area contributed by atoms with Crippen molar-refractivity contribution >= 4 is 10.0 Å². The topological polar surface area (TPSA) is 40.6 Å². The number of hydrogen-bond donors (Lipinski definition) is 0. The summed E-state index contributed by atoms with van der Waals surface area (Å²) >= 11 is 0. The first-order valence-corrected chi connectivity index (χ1v) is 10.7. The van der Waals surface area contributed by atoms with Crippen LogP contribution < -0.4 is 0 Å². The molecule has 3 fully saturated rings. The highest BCUT2D eigenvalue weighted by Crippen LogP contribution is 2.56. The monoisotopic (exact) mass is 360 g/mol. The minimum atomic E-state index is -3.50. The van der Waals surface area contributed by atoms with Crippen molar-refractivity contribution in [1.82, 2.24) is 9.21 Å². The summed E-state index contributed by atoms with van der Waals surface area (Å²) in [6.07, 6.45) is 4.00. The standard InChI is InChI=1S/C20H28N2O2S/c1-5-15-12-16-13-21(4)20(3)18(16)10-11-22(19(15)20)25(23,24)17-8-6-14(2)7-9-17/h5-9,15-16,18-19H,1,10-13H2,2-4H3/t15-,16-,18-,19-,20-/m0/s1. The molecule has 4 bridgehead atoms. The number of hydrogen-bond acceptors (Lipinski definition) is 3. The molecule has 0 radical (unpaired) electrons. The average molecular weight is 361 g/mol. The van der Waals surface area contributed by atoms with Crippen molar-refractivity contribution in [2.45, 2.75) is 43.2 Å². The second-order valence-corrected chi connectivity index (χ2v) is 10.2. The fourth-order valence-corrected chi connectivity index (χ4v) is 7.58. The van der Waals surface area contributed by atoms with E-state index in [2.05, 4.69) is 25.5 Å². The molecule has 1 aromatic rings. The summed E-state index contributed by atoms with van der Waals surface area (Å²) in [6, 6.07) is 7.22. The fourth-order valence-electron chi connectivity index (χ4n) is 5.81. The number of benzene rings is 1. The third-order valence-electron chi connectivity index (χ3n) is 7.13. The Kier molecular flexibility index (Phi) is 3.91. The second kappa shape index (κ2) is 5.66. The van der Waals surface area contributed by atoms with Crippen LogP contribution in [-0.4, -0.2) is 49.3 Å². The molecule has 2 saturated heterocycles. The van der Waals surface area contributed by atoms with Crippen LogP contribution in [-0.2, 0) is 10.0 Å². The maximum atomic E-state index is 13.5. The van der Waals surface area contributed by atoms with Gasteiger partial charge in [-0.05, 0) is 63.6 Å². The van der Waals surface area contributed by atoms with Gasteiger partial charge in [-0.3, -0.25) is 4.90 Å². The molecule has 1 aromatic carbocycles. The van der Waals surface area contributed by atoms with Crippen molar-refractivity contribution in [2.24, 2.45) is 17.8 Å². The molecule has 5 atom stereocenters. The highest BCUT2D eigenvalue weighted by atomic mass is 32.2. The van der Waals surface area contributed by atoms with Crippen LogP contribution in [0.3, 0.4) is 0 Å². The van der Waals surface area contributed by atoms with Gasteiger partial charge in [0.15, 0.2) is 0 Å². The first-order chi connectivity index (χ1) is 11.8. The lowest BCUT2D eigenvalue weighted by atomic mass is 9.61. The van der Waals surface area contributed by atoms with Gasteiger partial charge in [0.05, 0.1) is 4.90 Å². The molecule has 1 aliphatic carbocycles. The van der Waals surface area contributed by atoms with E-state index in [1.165, 1.54) is 0 Å². The first-order valence-electron chi connectivity index (χ1n) is 9.22.